The van der Waals surface area contributed by atoms with E-state index in [9.17, 15) is 0 Å². The summed E-state index contributed by atoms with van der Waals surface area (Å²) in [5, 5.41) is 6.25. The maximum absolute atomic E-state index is 6.46. The second kappa shape index (κ2) is 6.97. The molecule has 1 heterocycles. The van der Waals surface area contributed by atoms with Crippen molar-refractivity contribution in [2.24, 2.45) is 5.10 Å². The lowest BCUT2D eigenvalue weighted by atomic mass is 10.1. The first kappa shape index (κ1) is 15.8. The van der Waals surface area contributed by atoms with E-state index in [1.54, 1.807) is 24.0 Å². The Bertz CT molecular complexity index is 772. The highest BCUT2D eigenvalue weighted by Gasteiger charge is 2.17. The van der Waals surface area contributed by atoms with Gasteiger partial charge in [-0.1, -0.05) is 40.9 Å². The first-order valence-corrected chi connectivity index (χ1v) is 8.61. The minimum absolute atomic E-state index is 0.661. The molecule has 1 aliphatic rings. The molecule has 3 rings (SSSR count). The highest BCUT2D eigenvalue weighted by molar-refractivity contribution is 7.99. The lowest BCUT2D eigenvalue weighted by Crippen LogP contribution is -2.02. The van der Waals surface area contributed by atoms with Gasteiger partial charge in [0.25, 0.3) is 0 Å². The molecule has 112 valence electrons. The van der Waals surface area contributed by atoms with Gasteiger partial charge in [-0.3, -0.25) is 5.43 Å². The van der Waals surface area contributed by atoms with E-state index >= 15 is 0 Å². The molecule has 0 aromatic heterocycles. The van der Waals surface area contributed by atoms with Gasteiger partial charge in [-0.05, 0) is 36.4 Å². The van der Waals surface area contributed by atoms with Gasteiger partial charge in [0.1, 0.15) is 0 Å². The van der Waals surface area contributed by atoms with Crippen LogP contribution in [0.1, 0.15) is 5.56 Å². The van der Waals surface area contributed by atoms with Gasteiger partial charge in [0.15, 0.2) is 0 Å². The summed E-state index contributed by atoms with van der Waals surface area (Å²) in [5.41, 5.74) is 5.68. The Morgan fingerprint density at radius 1 is 1.05 bits per heavy atom. The summed E-state index contributed by atoms with van der Waals surface area (Å²) in [4.78, 5) is 1.13. The number of benzene rings is 2. The number of hydrogen-bond donors (Lipinski definition) is 1. The van der Waals surface area contributed by atoms with E-state index in [1.165, 1.54) is 0 Å². The molecule has 0 spiro atoms. The fraction of sp³-hybridized carbons (Fsp3) is 0.0625. The van der Waals surface area contributed by atoms with Crippen LogP contribution in [0, 0.1) is 0 Å². The van der Waals surface area contributed by atoms with Crippen molar-refractivity contribution in [1.29, 1.82) is 0 Å². The van der Waals surface area contributed by atoms with Crippen LogP contribution in [0.4, 0.5) is 5.69 Å². The van der Waals surface area contributed by atoms with Gasteiger partial charge in [0, 0.05) is 31.8 Å². The van der Waals surface area contributed by atoms with Crippen LogP contribution in [0.15, 0.2) is 58.0 Å². The Kier molecular flexibility index (Phi) is 4.99. The van der Waals surface area contributed by atoms with E-state index < -0.39 is 0 Å². The monoisotopic (exact) mass is 368 g/mol. The quantitative estimate of drug-likeness (QED) is 0.518. The average Bonchev–Trinajstić information content (AvgIpc) is 2.50. The predicted molar refractivity (Wildman–Crippen MR) is 98.5 cm³/mol. The molecule has 2 aromatic rings. The summed E-state index contributed by atoms with van der Waals surface area (Å²) < 4.78 is 0. The number of thioether (sulfide) groups is 1. The van der Waals surface area contributed by atoms with Gasteiger partial charge >= 0.3 is 0 Å². The van der Waals surface area contributed by atoms with Crippen molar-refractivity contribution < 1.29 is 0 Å². The average molecular weight is 370 g/mol. The standard InChI is InChI=1S/C16H11Cl3N2S/c17-11-2-1-3-13(6-11)21-20-8-10-9-22-15-5-4-12(18)7-14(15)16(10)19/h1-8,21H,9H2/b20-8-. The highest BCUT2D eigenvalue weighted by Crippen LogP contribution is 2.39. The van der Waals surface area contributed by atoms with E-state index in [4.69, 9.17) is 34.8 Å². The van der Waals surface area contributed by atoms with Crippen molar-refractivity contribution in [3.63, 3.8) is 0 Å². The van der Waals surface area contributed by atoms with Gasteiger partial charge in [0.2, 0.25) is 0 Å². The van der Waals surface area contributed by atoms with Crippen LogP contribution >= 0.6 is 46.6 Å². The lowest BCUT2D eigenvalue weighted by Gasteiger charge is -2.17. The van der Waals surface area contributed by atoms with Crippen LogP contribution in [-0.2, 0) is 0 Å². The topological polar surface area (TPSA) is 24.4 Å². The SMILES string of the molecule is ClC1=C(/C=N\Nc2cccc(Cl)c2)CSc2ccc(Cl)cc21. The van der Waals surface area contributed by atoms with Crippen LogP contribution in [0.3, 0.4) is 0 Å². The number of hydrazone groups is 1. The van der Waals surface area contributed by atoms with Gasteiger partial charge in [-0.15, -0.1) is 11.8 Å². The predicted octanol–water partition coefficient (Wildman–Crippen LogP) is 6.15. The first-order valence-electron chi connectivity index (χ1n) is 6.49. The van der Waals surface area contributed by atoms with Crippen LogP contribution in [0.25, 0.3) is 5.03 Å². The molecule has 0 saturated carbocycles. The van der Waals surface area contributed by atoms with Crippen molar-refractivity contribution in [3.8, 4) is 0 Å². The molecule has 0 fully saturated rings. The molecule has 0 radical (unpaired) electrons. The van der Waals surface area contributed by atoms with Gasteiger partial charge in [0.05, 0.1) is 16.9 Å². The molecule has 6 heteroatoms. The Balaban J connectivity index is 1.80. The molecule has 1 N–H and O–H groups in total. The van der Waals surface area contributed by atoms with Gasteiger partial charge in [-0.25, -0.2) is 0 Å². The largest absolute Gasteiger partial charge is 0.278 e. The third-order valence-corrected chi connectivity index (χ3v) is 5.12. The van der Waals surface area contributed by atoms with E-state index in [1.807, 2.05) is 36.4 Å². The van der Waals surface area contributed by atoms with Crippen LogP contribution in [0.5, 0.6) is 0 Å². The molecular formula is C16H11Cl3N2S. The Hall–Kier alpha value is -1.13. The van der Waals surface area contributed by atoms with Crippen molar-refractivity contribution in [1.82, 2.24) is 0 Å². The second-order valence-electron chi connectivity index (χ2n) is 4.65. The molecule has 22 heavy (non-hydrogen) atoms. The first-order chi connectivity index (χ1) is 10.6. The number of anilines is 1. The van der Waals surface area contributed by atoms with Crippen molar-refractivity contribution >= 4 is 63.5 Å². The molecular weight excluding hydrogens is 359 g/mol. The summed E-state index contributed by atoms with van der Waals surface area (Å²) in [6.45, 7) is 0. The molecule has 0 amide bonds. The maximum atomic E-state index is 6.46. The molecule has 2 aromatic carbocycles. The van der Waals surface area contributed by atoms with Gasteiger partial charge in [-0.2, -0.15) is 5.10 Å². The summed E-state index contributed by atoms with van der Waals surface area (Å²) in [6, 6.07) is 13.1. The summed E-state index contributed by atoms with van der Waals surface area (Å²) >= 11 is 20.1. The number of nitrogens with zero attached hydrogens (tertiary/aromatic N) is 1. The van der Waals surface area contributed by atoms with E-state index in [-0.39, 0.29) is 0 Å². The Morgan fingerprint density at radius 2 is 1.86 bits per heavy atom. The number of nitrogens with one attached hydrogen (secondary N) is 1. The van der Waals surface area contributed by atoms with Crippen molar-refractivity contribution in [2.45, 2.75) is 4.90 Å². The summed E-state index contributed by atoms with van der Waals surface area (Å²) in [6.07, 6.45) is 1.74. The molecule has 0 bridgehead atoms. The van der Waals surface area contributed by atoms with Crippen molar-refractivity contribution in [3.05, 3.63) is 63.6 Å². The minimum atomic E-state index is 0.661. The molecule has 0 aliphatic carbocycles. The molecule has 0 saturated heterocycles. The smallest absolute Gasteiger partial charge is 0.0576 e. The fourth-order valence-corrected chi connectivity index (χ4v) is 3.81. The van der Waals surface area contributed by atoms with Crippen molar-refractivity contribution in [2.75, 3.05) is 11.2 Å². The number of hydrogen-bond acceptors (Lipinski definition) is 3. The number of rotatable bonds is 3. The van der Waals surface area contributed by atoms with E-state index in [0.29, 0.717) is 15.1 Å². The number of fused-ring (bicyclic) bond motifs is 1. The third kappa shape index (κ3) is 3.61. The van der Waals surface area contributed by atoms with Crippen LogP contribution < -0.4 is 5.43 Å². The zero-order valence-electron chi connectivity index (χ0n) is 11.3. The van der Waals surface area contributed by atoms with Gasteiger partial charge < -0.3 is 0 Å². The zero-order chi connectivity index (χ0) is 15.5. The molecule has 2 nitrogen and oxygen atoms in total. The molecule has 1 aliphatic heterocycles. The maximum Gasteiger partial charge on any atom is 0.0576 e. The summed E-state index contributed by atoms with van der Waals surface area (Å²) in [7, 11) is 0. The van der Waals surface area contributed by atoms with E-state index in [0.717, 1.165) is 27.5 Å². The third-order valence-electron chi connectivity index (χ3n) is 3.08. The second-order valence-corrected chi connectivity index (χ2v) is 6.92. The van der Waals surface area contributed by atoms with Crippen LogP contribution in [-0.4, -0.2) is 12.0 Å². The lowest BCUT2D eigenvalue weighted by molar-refractivity contribution is 1.33. The van der Waals surface area contributed by atoms with E-state index in [2.05, 4.69) is 10.5 Å². The zero-order valence-corrected chi connectivity index (χ0v) is 14.4. The summed E-state index contributed by atoms with van der Waals surface area (Å²) in [5.74, 6) is 0.772. The molecule has 0 unspecified atom stereocenters. The minimum Gasteiger partial charge on any atom is -0.278 e. The fourth-order valence-electron chi connectivity index (χ4n) is 2.03. The Morgan fingerprint density at radius 3 is 2.68 bits per heavy atom. The number of halogens is 3. The molecule has 0 atom stereocenters. The van der Waals surface area contributed by atoms with Crippen LogP contribution in [0.2, 0.25) is 10.0 Å². The normalized spacial score (nSPS) is 14.3. The highest BCUT2D eigenvalue weighted by atomic mass is 35.5. The Labute approximate surface area is 148 Å².